The summed E-state index contributed by atoms with van der Waals surface area (Å²) in [5.74, 6) is -3.55. The summed E-state index contributed by atoms with van der Waals surface area (Å²) in [5, 5.41) is 33.1. The van der Waals surface area contributed by atoms with Crippen LogP contribution in [0.15, 0.2) is 12.2 Å². The molecule has 0 fully saturated rings. The number of carboxylic acids is 3. The summed E-state index contributed by atoms with van der Waals surface area (Å²) >= 11 is 0. The first kappa shape index (κ1) is 44.1. The summed E-state index contributed by atoms with van der Waals surface area (Å²) in [6.45, 7) is 8.09. The van der Waals surface area contributed by atoms with Gasteiger partial charge in [0.15, 0.2) is 12.1 Å². The number of carbonyl (C=O) groups is 3. The molecule has 0 aliphatic rings. The molecule has 0 aliphatic heterocycles. The van der Waals surface area contributed by atoms with Gasteiger partial charge in [0.05, 0.1) is 12.5 Å². The molecule has 0 aromatic carbocycles. The lowest BCUT2D eigenvalue weighted by Crippen LogP contribution is -2.74. The maximum Gasteiger partial charge on any atom is 0.362 e. The van der Waals surface area contributed by atoms with Crippen molar-refractivity contribution in [3.63, 3.8) is 0 Å². The van der Waals surface area contributed by atoms with Gasteiger partial charge in [-0.15, -0.1) is 0 Å². The molecule has 0 saturated carbocycles. The molecule has 0 aromatic heterocycles. The van der Waals surface area contributed by atoms with Crippen LogP contribution in [0.3, 0.4) is 0 Å². The van der Waals surface area contributed by atoms with Gasteiger partial charge in [0.1, 0.15) is 6.04 Å². The molecule has 0 heterocycles. The van der Waals surface area contributed by atoms with Crippen molar-refractivity contribution >= 4 is 17.9 Å². The van der Waals surface area contributed by atoms with Gasteiger partial charge in [-0.05, 0) is 51.4 Å². The fourth-order valence-corrected chi connectivity index (χ4v) is 7.33. The molecule has 3 unspecified atom stereocenters. The lowest BCUT2D eigenvalue weighted by atomic mass is 9.91. The van der Waals surface area contributed by atoms with Crippen LogP contribution in [0, 0.1) is 0 Å². The average Bonchev–Trinajstić information content (AvgIpc) is 3.02. The molecule has 0 aromatic rings. The summed E-state index contributed by atoms with van der Waals surface area (Å²) in [4.78, 5) is 37.7. The number of unbranched alkanes of at least 4 members (excludes halogenated alkanes) is 18. The highest BCUT2D eigenvalue weighted by molar-refractivity contribution is 5.77. The topological polar surface area (TPSA) is 115 Å². The van der Waals surface area contributed by atoms with Crippen molar-refractivity contribution in [2.75, 3.05) is 6.54 Å². The van der Waals surface area contributed by atoms with Gasteiger partial charge in [-0.25, -0.2) is 9.59 Å². The Morgan fingerprint density at radius 1 is 0.500 bits per heavy atom. The van der Waals surface area contributed by atoms with Crippen LogP contribution in [0.25, 0.3) is 0 Å². The summed E-state index contributed by atoms with van der Waals surface area (Å²) in [5.41, 5.74) is 0. The number of carboxylic acid groups (broad SMARTS) is 3. The first-order valence-electron chi connectivity index (χ1n) is 19.4. The molecular formula is C39H73NO6. The van der Waals surface area contributed by atoms with Gasteiger partial charge in [-0.2, -0.15) is 0 Å². The summed E-state index contributed by atoms with van der Waals surface area (Å²) in [7, 11) is 0. The van der Waals surface area contributed by atoms with Crippen molar-refractivity contribution in [3.8, 4) is 0 Å². The Labute approximate surface area is 283 Å². The number of rotatable bonds is 34. The van der Waals surface area contributed by atoms with Crippen molar-refractivity contribution < 1.29 is 34.2 Å². The Morgan fingerprint density at radius 3 is 1.15 bits per heavy atom. The van der Waals surface area contributed by atoms with E-state index in [2.05, 4.69) is 19.1 Å². The standard InChI is InChI=1S/C39H73NO6/c1-5-9-10-11-12-13-14-15-16-17-18-19-20-21-22-23-24-25-26-27-28-29-33-40(34(30-6-2)37(41)42,35(31-7-3)38(43)44)36(32-8-4)39(45)46/h16-17,34-36H,5-15,18-33H2,1-4H3,(H2-,41,42,43,44,45,46)/b17-16+. The molecule has 270 valence electrons. The van der Waals surface area contributed by atoms with E-state index in [1.165, 1.54) is 103 Å². The summed E-state index contributed by atoms with van der Waals surface area (Å²) < 4.78 is -0.433. The quantitative estimate of drug-likeness (QED) is 0.0407. The Bertz CT molecular complexity index is 738. The minimum absolute atomic E-state index is 0.208. The number of quaternary nitrogens is 1. The second-order valence-electron chi connectivity index (χ2n) is 13.7. The molecule has 46 heavy (non-hydrogen) atoms. The molecule has 7 nitrogen and oxygen atoms in total. The van der Waals surface area contributed by atoms with Crippen molar-refractivity contribution in [3.05, 3.63) is 12.2 Å². The van der Waals surface area contributed by atoms with Gasteiger partial charge in [-0.3, -0.25) is 4.48 Å². The molecule has 0 radical (unpaired) electrons. The Kier molecular flexibility index (Phi) is 28.1. The number of hydrogen-bond donors (Lipinski definition) is 2. The third kappa shape index (κ3) is 18.4. The highest BCUT2D eigenvalue weighted by Crippen LogP contribution is 2.34. The smallest absolute Gasteiger partial charge is 0.362 e. The molecule has 0 bridgehead atoms. The van der Waals surface area contributed by atoms with E-state index in [1.54, 1.807) is 0 Å². The Hall–Kier alpha value is -1.89. The Balaban J connectivity index is 4.59. The van der Waals surface area contributed by atoms with Crippen LogP contribution >= 0.6 is 0 Å². The van der Waals surface area contributed by atoms with Gasteiger partial charge in [-0.1, -0.05) is 136 Å². The minimum atomic E-state index is -1.33. The molecule has 0 amide bonds. The zero-order valence-corrected chi connectivity index (χ0v) is 30.5. The van der Waals surface area contributed by atoms with Gasteiger partial charge >= 0.3 is 11.9 Å². The normalized spacial score (nSPS) is 15.0. The lowest BCUT2D eigenvalue weighted by molar-refractivity contribution is -0.975. The largest absolute Gasteiger partial charge is 0.544 e. The van der Waals surface area contributed by atoms with Crippen LogP contribution in [0.2, 0.25) is 0 Å². The van der Waals surface area contributed by atoms with Crippen molar-refractivity contribution in [1.29, 1.82) is 0 Å². The molecule has 0 spiro atoms. The predicted molar refractivity (Wildman–Crippen MR) is 189 cm³/mol. The maximum absolute atomic E-state index is 12.6. The maximum atomic E-state index is 12.6. The van der Waals surface area contributed by atoms with Gasteiger partial charge in [0, 0.05) is 19.3 Å². The Morgan fingerprint density at radius 2 is 0.826 bits per heavy atom. The van der Waals surface area contributed by atoms with E-state index in [1.807, 2.05) is 20.8 Å². The van der Waals surface area contributed by atoms with Crippen LogP contribution in [-0.2, 0) is 14.4 Å². The molecule has 0 saturated heterocycles. The highest BCUT2D eigenvalue weighted by Gasteiger charge is 2.54. The van der Waals surface area contributed by atoms with E-state index in [-0.39, 0.29) is 25.8 Å². The first-order chi connectivity index (χ1) is 22.2. The molecule has 3 atom stereocenters. The predicted octanol–water partition coefficient (Wildman–Crippen LogP) is 9.61. The average molecular weight is 652 g/mol. The number of aliphatic carboxylic acids is 3. The van der Waals surface area contributed by atoms with Crippen molar-refractivity contribution in [2.45, 2.75) is 213 Å². The number of carbonyl (C=O) groups excluding carboxylic acids is 1. The minimum Gasteiger partial charge on any atom is -0.544 e. The summed E-state index contributed by atoms with van der Waals surface area (Å²) in [6.07, 6.45) is 31.4. The monoisotopic (exact) mass is 652 g/mol. The van der Waals surface area contributed by atoms with E-state index in [9.17, 15) is 29.7 Å². The highest BCUT2D eigenvalue weighted by atomic mass is 16.4. The third-order valence-corrected chi connectivity index (χ3v) is 9.83. The number of allylic oxidation sites excluding steroid dienone is 2. The number of hydrogen-bond acceptors (Lipinski definition) is 4. The summed E-state index contributed by atoms with van der Waals surface area (Å²) in [6, 6.07) is -3.33. The molecule has 7 heteroatoms. The SMILES string of the molecule is CCCCCCCCC/C=C/CCCCCCCCCCCCC[N+](C(CCC)C(=O)[O-])(C(CCC)C(=O)O)C(CCC)C(=O)O. The van der Waals surface area contributed by atoms with E-state index in [0.29, 0.717) is 25.7 Å². The van der Waals surface area contributed by atoms with E-state index < -0.39 is 40.5 Å². The van der Waals surface area contributed by atoms with Crippen LogP contribution in [0.4, 0.5) is 0 Å². The fourth-order valence-electron chi connectivity index (χ4n) is 7.33. The van der Waals surface area contributed by atoms with Crippen LogP contribution in [0.1, 0.15) is 195 Å². The van der Waals surface area contributed by atoms with E-state index >= 15 is 0 Å². The van der Waals surface area contributed by atoms with Crippen molar-refractivity contribution in [1.82, 2.24) is 0 Å². The van der Waals surface area contributed by atoms with Crippen LogP contribution < -0.4 is 5.11 Å². The lowest BCUT2D eigenvalue weighted by Gasteiger charge is -2.52. The third-order valence-electron chi connectivity index (χ3n) is 9.83. The number of nitrogens with zero attached hydrogens (tertiary/aromatic N) is 1. The van der Waals surface area contributed by atoms with E-state index in [0.717, 1.165) is 19.3 Å². The molecule has 2 N–H and O–H groups in total. The zero-order chi connectivity index (χ0) is 34.5. The van der Waals surface area contributed by atoms with Gasteiger partial charge in [0.25, 0.3) is 0 Å². The molecular weight excluding hydrogens is 578 g/mol. The van der Waals surface area contributed by atoms with Crippen LogP contribution in [0.5, 0.6) is 0 Å². The molecule has 0 rings (SSSR count). The second-order valence-corrected chi connectivity index (χ2v) is 13.7. The van der Waals surface area contributed by atoms with Crippen LogP contribution in [-0.4, -0.2) is 57.3 Å². The first-order valence-corrected chi connectivity index (χ1v) is 19.4. The zero-order valence-electron chi connectivity index (χ0n) is 30.5. The van der Waals surface area contributed by atoms with Gasteiger partial charge in [0.2, 0.25) is 0 Å². The molecule has 0 aliphatic carbocycles. The second kappa shape index (κ2) is 29.3. The van der Waals surface area contributed by atoms with E-state index in [4.69, 9.17) is 0 Å². The van der Waals surface area contributed by atoms with Gasteiger partial charge < -0.3 is 20.1 Å². The van der Waals surface area contributed by atoms with Crippen molar-refractivity contribution in [2.24, 2.45) is 0 Å². The fraction of sp³-hybridized carbons (Fsp3) is 0.872.